The van der Waals surface area contributed by atoms with Crippen molar-refractivity contribution in [2.45, 2.75) is 19.8 Å². The molecule has 168 valence electrons. The highest BCUT2D eigenvalue weighted by Crippen LogP contribution is 2.27. The van der Waals surface area contributed by atoms with Gasteiger partial charge >= 0.3 is 0 Å². The third-order valence-corrected chi connectivity index (χ3v) is 5.41. The Bertz CT molecular complexity index is 1550. The summed E-state index contributed by atoms with van der Waals surface area (Å²) in [7, 11) is 0. The van der Waals surface area contributed by atoms with Crippen LogP contribution < -0.4 is 10.7 Å². The summed E-state index contributed by atoms with van der Waals surface area (Å²) in [4.78, 5) is 28.9. The molecule has 0 atom stereocenters. The van der Waals surface area contributed by atoms with E-state index in [4.69, 9.17) is 0 Å². The van der Waals surface area contributed by atoms with E-state index in [1.807, 2.05) is 12.3 Å². The molecular weight excluding hydrogens is 433 g/mol. The fourth-order valence-corrected chi connectivity index (χ4v) is 3.65. The van der Waals surface area contributed by atoms with Crippen molar-refractivity contribution in [1.82, 2.24) is 29.5 Å². The molecule has 9 heteroatoms. The molecule has 0 spiro atoms. The fraction of sp³-hybridized carbons (Fsp3) is 0.120. The number of pyridine rings is 2. The zero-order chi connectivity index (χ0) is 23.7. The van der Waals surface area contributed by atoms with Gasteiger partial charge in [0.25, 0.3) is 0 Å². The lowest BCUT2D eigenvalue weighted by atomic mass is 10.0. The number of nitrogens with one attached hydrogen (secondary N) is 1. The first-order chi connectivity index (χ1) is 16.5. The Morgan fingerprint density at radius 3 is 2.62 bits per heavy atom. The molecule has 5 aromatic heterocycles. The van der Waals surface area contributed by atoms with Crippen LogP contribution in [0.25, 0.3) is 27.9 Å². The maximum atomic E-state index is 14.7. The predicted octanol–water partition coefficient (Wildman–Crippen LogP) is 4.61. The molecule has 1 N–H and O–H groups in total. The molecule has 0 amide bonds. The van der Waals surface area contributed by atoms with Gasteiger partial charge in [-0.3, -0.25) is 9.78 Å². The van der Waals surface area contributed by atoms with Gasteiger partial charge in [-0.2, -0.15) is 5.10 Å². The van der Waals surface area contributed by atoms with E-state index in [1.54, 1.807) is 47.4 Å². The summed E-state index contributed by atoms with van der Waals surface area (Å²) >= 11 is 0. The van der Waals surface area contributed by atoms with Gasteiger partial charge in [-0.15, -0.1) is 0 Å². The van der Waals surface area contributed by atoms with Crippen LogP contribution in [0.3, 0.4) is 0 Å². The summed E-state index contributed by atoms with van der Waals surface area (Å²) in [5.41, 5.74) is 3.77. The van der Waals surface area contributed by atoms with Crippen molar-refractivity contribution in [3.05, 3.63) is 95.2 Å². The third-order valence-electron chi connectivity index (χ3n) is 5.41. The molecule has 0 aliphatic heterocycles. The lowest BCUT2D eigenvalue weighted by molar-refractivity contribution is 0.619. The van der Waals surface area contributed by atoms with Gasteiger partial charge in [-0.1, -0.05) is 13.8 Å². The van der Waals surface area contributed by atoms with E-state index in [0.717, 1.165) is 17.3 Å². The van der Waals surface area contributed by atoms with Crippen molar-refractivity contribution in [3.63, 3.8) is 0 Å². The number of anilines is 2. The monoisotopic (exact) mass is 453 g/mol. The standard InChI is InChI=1S/C25H20FN7O/c1-15(2)19-13-30-33-10-7-16(11-21(19)33)24-20(26)14-29-25(32-24)31-23-4-3-17(12-28-23)18-5-8-27-9-6-22(18)34/h3-15H,1-2H3,(H,28,29,31,32). The summed E-state index contributed by atoms with van der Waals surface area (Å²) in [6, 6.07) is 10.2. The summed E-state index contributed by atoms with van der Waals surface area (Å²) in [5.74, 6) is 0.411. The highest BCUT2D eigenvalue weighted by molar-refractivity contribution is 5.70. The summed E-state index contributed by atoms with van der Waals surface area (Å²) in [6.07, 6.45) is 9.32. The van der Waals surface area contributed by atoms with Gasteiger partial charge in [0.2, 0.25) is 5.95 Å². The van der Waals surface area contributed by atoms with Gasteiger partial charge in [-0.05, 0) is 36.2 Å². The first kappa shape index (κ1) is 21.3. The molecule has 0 fully saturated rings. The zero-order valence-electron chi connectivity index (χ0n) is 18.5. The minimum Gasteiger partial charge on any atom is -0.309 e. The average Bonchev–Trinajstić information content (AvgIpc) is 3.15. The van der Waals surface area contributed by atoms with Crippen LogP contribution in [0.1, 0.15) is 25.3 Å². The molecule has 5 aromatic rings. The minimum absolute atomic E-state index is 0.151. The van der Waals surface area contributed by atoms with Crippen molar-refractivity contribution < 1.29 is 4.39 Å². The normalized spacial score (nSPS) is 11.2. The molecule has 0 unspecified atom stereocenters. The molecule has 0 saturated carbocycles. The van der Waals surface area contributed by atoms with E-state index in [2.05, 4.69) is 44.2 Å². The zero-order valence-corrected chi connectivity index (χ0v) is 18.5. The fourth-order valence-electron chi connectivity index (χ4n) is 3.65. The van der Waals surface area contributed by atoms with Gasteiger partial charge < -0.3 is 5.32 Å². The Hall–Kier alpha value is -4.53. The van der Waals surface area contributed by atoms with Crippen molar-refractivity contribution in [2.75, 3.05) is 5.32 Å². The maximum absolute atomic E-state index is 14.7. The van der Waals surface area contributed by atoms with Crippen LogP contribution in [-0.2, 0) is 0 Å². The lowest BCUT2D eigenvalue weighted by Crippen LogP contribution is -2.03. The van der Waals surface area contributed by atoms with Crippen LogP contribution in [0.2, 0.25) is 0 Å². The van der Waals surface area contributed by atoms with E-state index < -0.39 is 5.82 Å². The molecule has 0 aromatic carbocycles. The van der Waals surface area contributed by atoms with Gasteiger partial charge in [0.05, 0.1) is 17.9 Å². The first-order valence-electron chi connectivity index (χ1n) is 10.7. The van der Waals surface area contributed by atoms with Crippen LogP contribution in [0.15, 0.2) is 78.4 Å². The first-order valence-corrected chi connectivity index (χ1v) is 10.7. The van der Waals surface area contributed by atoms with Gasteiger partial charge in [0.15, 0.2) is 11.2 Å². The van der Waals surface area contributed by atoms with Crippen LogP contribution in [-0.4, -0.2) is 29.5 Å². The van der Waals surface area contributed by atoms with E-state index in [-0.39, 0.29) is 23.0 Å². The topological polar surface area (TPSA) is 98.0 Å². The SMILES string of the molecule is CC(C)c1cnn2ccc(-c3nc(Nc4ccc(-c5ccnccc5=O)cn4)ncc3F)cc12. The molecule has 0 saturated heterocycles. The second-order valence-corrected chi connectivity index (χ2v) is 8.01. The number of fused-ring (bicyclic) bond motifs is 1. The quantitative estimate of drug-likeness (QED) is 0.415. The molecule has 0 aliphatic rings. The lowest BCUT2D eigenvalue weighted by Gasteiger charge is -2.09. The Balaban J connectivity index is 1.45. The van der Waals surface area contributed by atoms with E-state index >= 15 is 0 Å². The third kappa shape index (κ3) is 4.11. The van der Waals surface area contributed by atoms with Crippen LogP contribution >= 0.6 is 0 Å². The second kappa shape index (κ2) is 8.78. The molecule has 5 heterocycles. The number of hydrogen-bond donors (Lipinski definition) is 1. The van der Waals surface area contributed by atoms with Crippen molar-refractivity contribution in [3.8, 4) is 22.4 Å². The minimum atomic E-state index is -0.530. The van der Waals surface area contributed by atoms with Crippen LogP contribution in [0.5, 0.6) is 0 Å². The highest BCUT2D eigenvalue weighted by atomic mass is 19.1. The molecule has 0 aliphatic carbocycles. The summed E-state index contributed by atoms with van der Waals surface area (Å²) in [5, 5.41) is 7.35. The Kier molecular flexibility index (Phi) is 5.51. The Morgan fingerprint density at radius 1 is 0.971 bits per heavy atom. The van der Waals surface area contributed by atoms with Crippen molar-refractivity contribution >= 4 is 17.3 Å². The summed E-state index contributed by atoms with van der Waals surface area (Å²) in [6.45, 7) is 4.17. The van der Waals surface area contributed by atoms with E-state index in [1.165, 1.54) is 12.3 Å². The number of nitrogens with zero attached hydrogens (tertiary/aromatic N) is 6. The van der Waals surface area contributed by atoms with Gasteiger partial charge in [0.1, 0.15) is 11.5 Å². The smallest absolute Gasteiger partial charge is 0.229 e. The van der Waals surface area contributed by atoms with Gasteiger partial charge in [-0.25, -0.2) is 23.9 Å². The second-order valence-electron chi connectivity index (χ2n) is 8.01. The van der Waals surface area contributed by atoms with Gasteiger partial charge in [0, 0.05) is 53.1 Å². The molecule has 34 heavy (non-hydrogen) atoms. The van der Waals surface area contributed by atoms with Crippen molar-refractivity contribution in [2.24, 2.45) is 0 Å². The molecule has 0 bridgehead atoms. The Labute approximate surface area is 194 Å². The maximum Gasteiger partial charge on any atom is 0.229 e. The molecular formula is C25H20FN7O. The summed E-state index contributed by atoms with van der Waals surface area (Å²) < 4.78 is 16.4. The Morgan fingerprint density at radius 2 is 1.82 bits per heavy atom. The number of halogens is 1. The molecule has 5 rings (SSSR count). The van der Waals surface area contributed by atoms with Crippen molar-refractivity contribution in [1.29, 1.82) is 0 Å². The largest absolute Gasteiger partial charge is 0.309 e. The molecule has 8 nitrogen and oxygen atoms in total. The van der Waals surface area contributed by atoms with E-state index in [0.29, 0.717) is 22.5 Å². The van der Waals surface area contributed by atoms with Crippen LogP contribution in [0.4, 0.5) is 16.2 Å². The number of rotatable bonds is 5. The van der Waals surface area contributed by atoms with E-state index in [9.17, 15) is 9.18 Å². The number of aromatic nitrogens is 6. The average molecular weight is 453 g/mol. The van der Waals surface area contributed by atoms with Crippen LogP contribution in [0, 0.1) is 5.82 Å². The highest BCUT2D eigenvalue weighted by Gasteiger charge is 2.14. The predicted molar refractivity (Wildman–Crippen MR) is 127 cm³/mol. The molecule has 0 radical (unpaired) electrons. The number of hydrogen-bond acceptors (Lipinski definition) is 7.